The van der Waals surface area contributed by atoms with Gasteiger partial charge in [-0.1, -0.05) is 24.3 Å². The lowest BCUT2D eigenvalue weighted by Gasteiger charge is -2.23. The Hall–Kier alpha value is -3.45. The molecule has 0 aromatic heterocycles. The lowest BCUT2D eigenvalue weighted by atomic mass is 9.91. The molecule has 0 radical (unpaired) electrons. The number of allylic oxidation sites excluding steroid dienone is 1. The standard InChI is InChI=1S/C24H23FN2O4/c1-24(2)18(15-6-4-14(5-7-15)12-26-13-21(28)30-3)11-20(31-24)22-17-10-16(25)8-9-19(17)27-23(22)29/h4-11,26H,12-13H2,1-3H3,(H,27,29). The highest BCUT2D eigenvalue weighted by Gasteiger charge is 2.38. The van der Waals surface area contributed by atoms with Crippen LogP contribution in [0.25, 0.3) is 11.1 Å². The largest absolute Gasteiger partial charge is 0.482 e. The number of rotatable bonds is 5. The number of fused-ring (bicyclic) bond motifs is 1. The Labute approximate surface area is 179 Å². The Morgan fingerprint density at radius 1 is 1.19 bits per heavy atom. The Morgan fingerprint density at radius 2 is 1.94 bits per heavy atom. The van der Waals surface area contributed by atoms with Crippen molar-refractivity contribution in [1.29, 1.82) is 0 Å². The maximum atomic E-state index is 13.8. The van der Waals surface area contributed by atoms with Gasteiger partial charge in [-0.2, -0.15) is 0 Å². The first-order chi connectivity index (χ1) is 14.8. The van der Waals surface area contributed by atoms with Crippen molar-refractivity contribution >= 4 is 28.7 Å². The third kappa shape index (κ3) is 4.09. The van der Waals surface area contributed by atoms with Crippen molar-refractivity contribution in [1.82, 2.24) is 5.32 Å². The van der Waals surface area contributed by atoms with Crippen LogP contribution in [0.4, 0.5) is 10.1 Å². The van der Waals surface area contributed by atoms with Crippen LogP contribution in [0.2, 0.25) is 0 Å². The van der Waals surface area contributed by atoms with Crippen molar-refractivity contribution in [3.8, 4) is 0 Å². The van der Waals surface area contributed by atoms with E-state index in [1.54, 1.807) is 6.07 Å². The number of nitrogens with one attached hydrogen (secondary N) is 2. The molecule has 2 aliphatic rings. The second kappa shape index (κ2) is 8.00. The third-order valence-corrected chi connectivity index (χ3v) is 5.35. The predicted octanol–water partition coefficient (Wildman–Crippen LogP) is 3.64. The quantitative estimate of drug-likeness (QED) is 0.568. The molecule has 0 saturated heterocycles. The van der Waals surface area contributed by atoms with E-state index in [0.29, 0.717) is 29.1 Å². The first kappa shape index (κ1) is 20.8. The Morgan fingerprint density at radius 3 is 2.65 bits per heavy atom. The van der Waals surface area contributed by atoms with E-state index in [0.717, 1.165) is 16.7 Å². The van der Waals surface area contributed by atoms with Gasteiger partial charge >= 0.3 is 5.97 Å². The molecule has 0 aliphatic carbocycles. The van der Waals surface area contributed by atoms with Gasteiger partial charge in [-0.15, -0.1) is 0 Å². The molecule has 6 nitrogen and oxygen atoms in total. The highest BCUT2D eigenvalue weighted by molar-refractivity contribution is 6.32. The summed E-state index contributed by atoms with van der Waals surface area (Å²) < 4.78 is 24.5. The van der Waals surface area contributed by atoms with Crippen molar-refractivity contribution in [2.75, 3.05) is 19.0 Å². The molecule has 4 rings (SSSR count). The molecular formula is C24H23FN2O4. The SMILES string of the molecule is COC(=O)CNCc1ccc(C2=CC(=C3C(=O)Nc4ccc(F)cc43)OC2(C)C)cc1. The van der Waals surface area contributed by atoms with Gasteiger partial charge in [0.1, 0.15) is 17.2 Å². The lowest BCUT2D eigenvalue weighted by molar-refractivity contribution is -0.139. The molecule has 7 heteroatoms. The molecule has 0 saturated carbocycles. The molecule has 1 amide bonds. The van der Waals surface area contributed by atoms with Crippen LogP contribution in [0.1, 0.15) is 30.5 Å². The zero-order valence-electron chi connectivity index (χ0n) is 17.5. The van der Waals surface area contributed by atoms with Crippen molar-refractivity contribution < 1.29 is 23.5 Å². The summed E-state index contributed by atoms with van der Waals surface area (Å²) in [5.74, 6) is -0.614. The monoisotopic (exact) mass is 422 g/mol. The lowest BCUT2D eigenvalue weighted by Crippen LogP contribution is -2.23. The average Bonchev–Trinajstić information content (AvgIpc) is 3.22. The smallest absolute Gasteiger partial charge is 0.319 e. The van der Waals surface area contributed by atoms with Crippen LogP contribution in [0.5, 0.6) is 0 Å². The Kier molecular flexibility index (Phi) is 5.37. The highest BCUT2D eigenvalue weighted by atomic mass is 19.1. The normalized spacial score (nSPS) is 18.8. The molecule has 31 heavy (non-hydrogen) atoms. The molecule has 0 bridgehead atoms. The number of hydrogen-bond acceptors (Lipinski definition) is 5. The second-order valence-corrected chi connectivity index (χ2v) is 7.93. The van der Waals surface area contributed by atoms with Gasteiger partial charge in [0.2, 0.25) is 0 Å². The van der Waals surface area contributed by atoms with Gasteiger partial charge in [0.05, 0.1) is 19.2 Å². The number of carbonyl (C=O) groups excluding carboxylic acids is 2. The molecule has 0 fully saturated rings. The zero-order valence-corrected chi connectivity index (χ0v) is 17.5. The number of hydrogen-bond donors (Lipinski definition) is 2. The summed E-state index contributed by atoms with van der Waals surface area (Å²) in [4.78, 5) is 23.8. The number of ether oxygens (including phenoxy) is 2. The van der Waals surface area contributed by atoms with Crippen LogP contribution >= 0.6 is 0 Å². The van der Waals surface area contributed by atoms with Gasteiger partial charge in [-0.25, -0.2) is 4.39 Å². The van der Waals surface area contributed by atoms with E-state index in [9.17, 15) is 14.0 Å². The minimum absolute atomic E-state index is 0.144. The van der Waals surface area contributed by atoms with E-state index in [1.165, 1.54) is 19.2 Å². The van der Waals surface area contributed by atoms with E-state index >= 15 is 0 Å². The van der Waals surface area contributed by atoms with Gasteiger partial charge in [0.15, 0.2) is 0 Å². The third-order valence-electron chi connectivity index (χ3n) is 5.35. The van der Waals surface area contributed by atoms with E-state index in [4.69, 9.17) is 4.74 Å². The van der Waals surface area contributed by atoms with Gasteiger partial charge in [0, 0.05) is 23.4 Å². The first-order valence-corrected chi connectivity index (χ1v) is 9.92. The number of halogens is 1. The van der Waals surface area contributed by atoms with E-state index in [-0.39, 0.29) is 18.4 Å². The molecule has 2 N–H and O–H groups in total. The minimum Gasteiger partial charge on any atom is -0.482 e. The van der Waals surface area contributed by atoms with Gasteiger partial charge in [0.25, 0.3) is 5.91 Å². The zero-order chi connectivity index (χ0) is 22.2. The molecule has 2 aromatic carbocycles. The van der Waals surface area contributed by atoms with Crippen LogP contribution in [0.3, 0.4) is 0 Å². The van der Waals surface area contributed by atoms with Crippen molar-refractivity contribution in [2.24, 2.45) is 0 Å². The summed E-state index contributed by atoms with van der Waals surface area (Å²) in [6, 6.07) is 12.1. The maximum absolute atomic E-state index is 13.8. The first-order valence-electron chi connectivity index (χ1n) is 9.92. The molecule has 160 valence electrons. The van der Waals surface area contributed by atoms with Crippen LogP contribution in [-0.2, 0) is 25.6 Å². The summed E-state index contributed by atoms with van der Waals surface area (Å²) in [6.45, 7) is 4.53. The van der Waals surface area contributed by atoms with E-state index in [2.05, 4.69) is 15.4 Å². The van der Waals surface area contributed by atoms with Crippen molar-refractivity contribution in [2.45, 2.75) is 26.0 Å². The summed E-state index contributed by atoms with van der Waals surface area (Å²) in [5, 5.41) is 5.78. The predicted molar refractivity (Wildman–Crippen MR) is 115 cm³/mol. The Bertz CT molecular complexity index is 1120. The maximum Gasteiger partial charge on any atom is 0.319 e. The van der Waals surface area contributed by atoms with Crippen LogP contribution in [0.15, 0.2) is 54.3 Å². The fourth-order valence-corrected chi connectivity index (χ4v) is 3.79. The van der Waals surface area contributed by atoms with Gasteiger partial charge in [-0.05, 0) is 49.2 Å². The fourth-order valence-electron chi connectivity index (χ4n) is 3.79. The topological polar surface area (TPSA) is 76.7 Å². The summed E-state index contributed by atoms with van der Waals surface area (Å²) in [5.41, 5.74) is 3.63. The van der Waals surface area contributed by atoms with Gasteiger partial charge < -0.3 is 20.1 Å². The number of anilines is 1. The summed E-state index contributed by atoms with van der Waals surface area (Å²) in [7, 11) is 1.35. The minimum atomic E-state index is -0.663. The number of methoxy groups -OCH3 is 1. The summed E-state index contributed by atoms with van der Waals surface area (Å²) in [6.07, 6.45) is 1.85. The summed E-state index contributed by atoms with van der Waals surface area (Å²) >= 11 is 0. The van der Waals surface area contributed by atoms with E-state index < -0.39 is 11.4 Å². The molecule has 0 spiro atoms. The molecular weight excluding hydrogens is 399 g/mol. The molecule has 2 heterocycles. The number of carbonyl (C=O) groups is 2. The van der Waals surface area contributed by atoms with Crippen LogP contribution in [0, 0.1) is 5.82 Å². The van der Waals surface area contributed by atoms with Gasteiger partial charge in [-0.3, -0.25) is 9.59 Å². The number of amides is 1. The highest BCUT2D eigenvalue weighted by Crippen LogP contribution is 2.44. The van der Waals surface area contributed by atoms with Crippen LogP contribution in [-0.4, -0.2) is 31.1 Å². The molecule has 2 aliphatic heterocycles. The van der Waals surface area contributed by atoms with Crippen molar-refractivity contribution in [3.05, 3.63) is 76.8 Å². The second-order valence-electron chi connectivity index (χ2n) is 7.93. The van der Waals surface area contributed by atoms with Crippen molar-refractivity contribution in [3.63, 3.8) is 0 Å². The molecule has 2 aromatic rings. The fraction of sp³-hybridized carbons (Fsp3) is 0.250. The molecule has 0 atom stereocenters. The average molecular weight is 422 g/mol. The van der Waals surface area contributed by atoms with Crippen LogP contribution < -0.4 is 10.6 Å². The number of esters is 1. The molecule has 0 unspecified atom stereocenters. The van der Waals surface area contributed by atoms with E-state index in [1.807, 2.05) is 44.2 Å². The number of benzene rings is 2. The Balaban J connectivity index is 1.62.